The number of nitrogens with zero attached hydrogens (tertiary/aromatic N) is 2. The van der Waals surface area contributed by atoms with Crippen molar-refractivity contribution < 1.29 is 4.79 Å². The van der Waals surface area contributed by atoms with Crippen LogP contribution in [0.2, 0.25) is 0 Å². The Balaban J connectivity index is 1.79. The minimum Gasteiger partial charge on any atom is -0.368 e. The molecule has 0 radical (unpaired) electrons. The van der Waals surface area contributed by atoms with E-state index in [2.05, 4.69) is 56.1 Å². The topological polar surface area (TPSA) is 35.6 Å². The first-order valence-electron chi connectivity index (χ1n) is 8.78. The molecule has 0 saturated carbocycles. The van der Waals surface area contributed by atoms with Crippen LogP contribution in [0, 0.1) is 19.8 Å². The summed E-state index contributed by atoms with van der Waals surface area (Å²) in [4.78, 5) is 16.7. The maximum absolute atomic E-state index is 12.3. The Labute approximate surface area is 140 Å². The number of amides is 1. The fraction of sp³-hybridized carbons (Fsp3) is 0.632. The van der Waals surface area contributed by atoms with Crippen LogP contribution in [0.25, 0.3) is 0 Å². The lowest BCUT2D eigenvalue weighted by Crippen LogP contribution is -2.49. The molecule has 0 unspecified atom stereocenters. The van der Waals surface area contributed by atoms with Crippen LogP contribution in [0.4, 0.5) is 5.69 Å². The molecule has 1 heterocycles. The van der Waals surface area contributed by atoms with Crippen molar-refractivity contribution in [3.63, 3.8) is 0 Å². The number of piperazine rings is 1. The second-order valence-electron chi connectivity index (χ2n) is 6.93. The Kier molecular flexibility index (Phi) is 6.46. The average Bonchev–Trinajstić information content (AvgIpc) is 2.54. The van der Waals surface area contributed by atoms with Crippen LogP contribution in [-0.2, 0) is 4.79 Å². The van der Waals surface area contributed by atoms with E-state index in [0.29, 0.717) is 12.3 Å². The summed E-state index contributed by atoms with van der Waals surface area (Å²) in [5.41, 5.74) is 4.00. The molecule has 0 bridgehead atoms. The maximum Gasteiger partial charge on any atom is 0.223 e. The van der Waals surface area contributed by atoms with Gasteiger partial charge in [-0.2, -0.15) is 0 Å². The number of rotatable bonds is 6. The van der Waals surface area contributed by atoms with Crippen LogP contribution in [0.15, 0.2) is 18.2 Å². The predicted octanol–water partition coefficient (Wildman–Crippen LogP) is 2.59. The molecular weight excluding hydrogens is 286 g/mol. The molecule has 0 atom stereocenters. The number of hydrogen-bond donors (Lipinski definition) is 1. The van der Waals surface area contributed by atoms with Gasteiger partial charge < -0.3 is 15.1 Å². The van der Waals surface area contributed by atoms with E-state index in [1.807, 2.05) is 4.90 Å². The van der Waals surface area contributed by atoms with Gasteiger partial charge in [0.25, 0.3) is 0 Å². The molecule has 1 saturated heterocycles. The van der Waals surface area contributed by atoms with E-state index in [9.17, 15) is 4.79 Å². The molecule has 1 fully saturated rings. The van der Waals surface area contributed by atoms with Crippen LogP contribution >= 0.6 is 0 Å². The van der Waals surface area contributed by atoms with Crippen molar-refractivity contribution in [2.24, 2.45) is 5.92 Å². The van der Waals surface area contributed by atoms with Gasteiger partial charge in [-0.3, -0.25) is 4.79 Å². The van der Waals surface area contributed by atoms with Crippen molar-refractivity contribution in [2.45, 2.75) is 34.1 Å². The largest absolute Gasteiger partial charge is 0.368 e. The lowest BCUT2D eigenvalue weighted by molar-refractivity contribution is -0.131. The molecule has 1 amide bonds. The third-order valence-corrected chi connectivity index (χ3v) is 4.62. The Hall–Kier alpha value is -1.55. The molecule has 0 spiro atoms. The highest BCUT2D eigenvalue weighted by molar-refractivity contribution is 5.76. The quantitative estimate of drug-likeness (QED) is 0.819. The fourth-order valence-electron chi connectivity index (χ4n) is 3.02. The van der Waals surface area contributed by atoms with Gasteiger partial charge in [0, 0.05) is 44.8 Å². The molecule has 2 rings (SSSR count). The van der Waals surface area contributed by atoms with Gasteiger partial charge in [-0.25, -0.2) is 0 Å². The molecule has 1 aromatic rings. The normalized spacial score (nSPS) is 15.3. The van der Waals surface area contributed by atoms with Crippen LogP contribution in [0.5, 0.6) is 0 Å². The predicted molar refractivity (Wildman–Crippen MR) is 97.0 cm³/mol. The van der Waals surface area contributed by atoms with E-state index in [-0.39, 0.29) is 5.91 Å². The first-order valence-corrected chi connectivity index (χ1v) is 8.78. The smallest absolute Gasteiger partial charge is 0.223 e. The highest BCUT2D eigenvalue weighted by atomic mass is 16.2. The molecule has 23 heavy (non-hydrogen) atoms. The molecule has 0 aromatic heterocycles. The highest BCUT2D eigenvalue weighted by Gasteiger charge is 2.21. The summed E-state index contributed by atoms with van der Waals surface area (Å²) in [6, 6.07) is 6.47. The van der Waals surface area contributed by atoms with Crippen molar-refractivity contribution in [1.82, 2.24) is 10.2 Å². The van der Waals surface area contributed by atoms with Gasteiger partial charge in [0.2, 0.25) is 5.91 Å². The Morgan fingerprint density at radius 3 is 2.52 bits per heavy atom. The van der Waals surface area contributed by atoms with E-state index in [4.69, 9.17) is 0 Å². The molecule has 4 nitrogen and oxygen atoms in total. The zero-order chi connectivity index (χ0) is 16.8. The molecule has 1 aliphatic heterocycles. The minimum atomic E-state index is 0.280. The standard InChI is InChI=1S/C19H31N3O/c1-15(2)14-20-9-8-19(23)22-12-10-21(11-13-22)18-7-5-6-16(3)17(18)4/h5-7,15,20H,8-14H2,1-4H3. The van der Waals surface area contributed by atoms with Crippen molar-refractivity contribution >= 4 is 11.6 Å². The number of aryl methyl sites for hydroxylation is 1. The van der Waals surface area contributed by atoms with Gasteiger partial charge in [-0.15, -0.1) is 0 Å². The summed E-state index contributed by atoms with van der Waals surface area (Å²) in [6.45, 7) is 14.0. The zero-order valence-corrected chi connectivity index (χ0v) is 15.1. The maximum atomic E-state index is 12.3. The van der Waals surface area contributed by atoms with Crippen molar-refractivity contribution in [2.75, 3.05) is 44.2 Å². The van der Waals surface area contributed by atoms with Gasteiger partial charge in [-0.1, -0.05) is 26.0 Å². The van der Waals surface area contributed by atoms with Crippen molar-refractivity contribution in [3.05, 3.63) is 29.3 Å². The lowest BCUT2D eigenvalue weighted by atomic mass is 10.1. The summed E-state index contributed by atoms with van der Waals surface area (Å²) in [7, 11) is 0. The van der Waals surface area contributed by atoms with Gasteiger partial charge in [0.1, 0.15) is 0 Å². The number of anilines is 1. The van der Waals surface area contributed by atoms with Gasteiger partial charge in [0.05, 0.1) is 0 Å². The summed E-state index contributed by atoms with van der Waals surface area (Å²) >= 11 is 0. The summed E-state index contributed by atoms with van der Waals surface area (Å²) in [5.74, 6) is 0.910. The number of hydrogen-bond acceptors (Lipinski definition) is 3. The fourth-order valence-corrected chi connectivity index (χ4v) is 3.02. The van der Waals surface area contributed by atoms with Crippen LogP contribution in [0.3, 0.4) is 0 Å². The minimum absolute atomic E-state index is 0.280. The Morgan fingerprint density at radius 1 is 1.17 bits per heavy atom. The molecule has 128 valence electrons. The number of benzene rings is 1. The van der Waals surface area contributed by atoms with Gasteiger partial charge in [-0.05, 0) is 43.5 Å². The van der Waals surface area contributed by atoms with E-state index in [1.165, 1.54) is 16.8 Å². The molecule has 1 aromatic carbocycles. The van der Waals surface area contributed by atoms with E-state index < -0.39 is 0 Å². The number of carbonyl (C=O) groups is 1. The molecule has 0 aliphatic carbocycles. The monoisotopic (exact) mass is 317 g/mol. The molecule has 1 N–H and O–H groups in total. The third-order valence-electron chi connectivity index (χ3n) is 4.62. The van der Waals surface area contributed by atoms with E-state index in [0.717, 1.165) is 39.3 Å². The second-order valence-corrected chi connectivity index (χ2v) is 6.93. The van der Waals surface area contributed by atoms with Crippen LogP contribution < -0.4 is 10.2 Å². The first kappa shape index (κ1) is 17.8. The van der Waals surface area contributed by atoms with E-state index in [1.54, 1.807) is 0 Å². The second kappa shape index (κ2) is 8.34. The number of nitrogens with one attached hydrogen (secondary N) is 1. The molecule has 1 aliphatic rings. The summed E-state index contributed by atoms with van der Waals surface area (Å²) in [5, 5.41) is 3.35. The summed E-state index contributed by atoms with van der Waals surface area (Å²) in [6.07, 6.45) is 0.607. The van der Waals surface area contributed by atoms with Crippen LogP contribution in [-0.4, -0.2) is 50.1 Å². The zero-order valence-electron chi connectivity index (χ0n) is 15.1. The van der Waals surface area contributed by atoms with E-state index >= 15 is 0 Å². The summed E-state index contributed by atoms with van der Waals surface area (Å²) < 4.78 is 0. The van der Waals surface area contributed by atoms with Gasteiger partial charge >= 0.3 is 0 Å². The lowest BCUT2D eigenvalue weighted by Gasteiger charge is -2.37. The first-order chi connectivity index (χ1) is 11.0. The third kappa shape index (κ3) is 4.96. The molecular formula is C19H31N3O. The Morgan fingerprint density at radius 2 is 1.87 bits per heavy atom. The average molecular weight is 317 g/mol. The molecule has 4 heteroatoms. The van der Waals surface area contributed by atoms with Gasteiger partial charge in [0.15, 0.2) is 0 Å². The van der Waals surface area contributed by atoms with Crippen molar-refractivity contribution in [1.29, 1.82) is 0 Å². The highest BCUT2D eigenvalue weighted by Crippen LogP contribution is 2.23. The number of carbonyl (C=O) groups excluding carboxylic acids is 1. The van der Waals surface area contributed by atoms with Crippen molar-refractivity contribution in [3.8, 4) is 0 Å². The SMILES string of the molecule is Cc1cccc(N2CCN(C(=O)CCNCC(C)C)CC2)c1C. The Bertz CT molecular complexity index is 519. The van der Waals surface area contributed by atoms with Crippen LogP contribution in [0.1, 0.15) is 31.4 Å².